The van der Waals surface area contributed by atoms with E-state index in [0.717, 1.165) is 24.1 Å². The lowest BCUT2D eigenvalue weighted by atomic mass is 10.3. The van der Waals surface area contributed by atoms with E-state index in [1.165, 1.54) is 48.8 Å². The highest BCUT2D eigenvalue weighted by atomic mass is 32.1. The first-order valence-corrected chi connectivity index (χ1v) is 8.49. The Morgan fingerprint density at radius 1 is 1.25 bits per heavy atom. The Bertz CT molecular complexity index is 403. The minimum absolute atomic E-state index is 0.619. The van der Waals surface area contributed by atoms with Gasteiger partial charge in [0.2, 0.25) is 0 Å². The Morgan fingerprint density at radius 2 is 1.90 bits per heavy atom. The molecule has 0 amide bonds. The molecule has 2 fully saturated rings. The van der Waals surface area contributed by atoms with Crippen LogP contribution in [-0.2, 0) is 17.9 Å². The molecule has 0 unspecified atom stereocenters. The predicted molar refractivity (Wildman–Crippen MR) is 83.3 cm³/mol. The molecule has 1 aromatic rings. The molecule has 3 rings (SSSR count). The molecule has 1 N–H and O–H groups in total. The van der Waals surface area contributed by atoms with Crippen molar-refractivity contribution in [1.29, 1.82) is 0 Å². The van der Waals surface area contributed by atoms with E-state index in [9.17, 15) is 0 Å². The number of ether oxygens (including phenoxy) is 1. The van der Waals surface area contributed by atoms with E-state index in [-0.39, 0.29) is 0 Å². The number of aromatic nitrogens is 1. The fourth-order valence-corrected chi connectivity index (χ4v) is 3.60. The first-order valence-electron chi connectivity index (χ1n) is 7.67. The van der Waals surface area contributed by atoms with Crippen molar-refractivity contribution in [3.8, 4) is 0 Å². The minimum Gasteiger partial charge on any atom is -0.378 e. The smallest absolute Gasteiger partial charge is 0.185 e. The Labute approximate surface area is 125 Å². The van der Waals surface area contributed by atoms with E-state index in [4.69, 9.17) is 9.72 Å². The van der Waals surface area contributed by atoms with Gasteiger partial charge in [-0.15, -0.1) is 11.3 Å². The van der Waals surface area contributed by atoms with E-state index in [0.29, 0.717) is 6.61 Å². The summed E-state index contributed by atoms with van der Waals surface area (Å²) in [6.45, 7) is 3.91. The SMILES string of the molecule is CNCc1sc(N(CC2CC2)CC2CC2)nc1COC. The number of nitrogens with zero attached hydrogens (tertiary/aromatic N) is 2. The molecule has 0 atom stereocenters. The number of thiazole rings is 1. The number of nitrogens with one attached hydrogen (secondary N) is 1. The number of hydrogen-bond donors (Lipinski definition) is 1. The maximum Gasteiger partial charge on any atom is 0.185 e. The average Bonchev–Trinajstić information content (AvgIpc) is 3.34. The zero-order valence-corrected chi connectivity index (χ0v) is 13.3. The number of methoxy groups -OCH3 is 1. The quantitative estimate of drug-likeness (QED) is 0.760. The lowest BCUT2D eigenvalue weighted by Gasteiger charge is -2.21. The lowest BCUT2D eigenvalue weighted by molar-refractivity contribution is 0.181. The van der Waals surface area contributed by atoms with Gasteiger partial charge in [-0.25, -0.2) is 4.98 Å². The Kier molecular flexibility index (Phi) is 4.58. The molecule has 0 saturated heterocycles. The summed E-state index contributed by atoms with van der Waals surface area (Å²) in [6, 6.07) is 0. The summed E-state index contributed by atoms with van der Waals surface area (Å²) >= 11 is 1.84. The van der Waals surface area contributed by atoms with E-state index in [1.807, 2.05) is 18.4 Å². The third kappa shape index (κ3) is 3.71. The van der Waals surface area contributed by atoms with Crippen molar-refractivity contribution in [2.24, 2.45) is 11.8 Å². The molecule has 0 spiro atoms. The molecule has 0 bridgehead atoms. The second-order valence-corrected chi connectivity index (χ2v) is 7.18. The highest BCUT2D eigenvalue weighted by molar-refractivity contribution is 7.15. The van der Waals surface area contributed by atoms with Gasteiger partial charge in [0, 0.05) is 31.6 Å². The van der Waals surface area contributed by atoms with Gasteiger partial charge in [-0.1, -0.05) is 0 Å². The third-order valence-corrected chi connectivity index (χ3v) is 5.17. The van der Waals surface area contributed by atoms with Crippen LogP contribution in [0.25, 0.3) is 0 Å². The van der Waals surface area contributed by atoms with Crippen molar-refractivity contribution in [3.05, 3.63) is 10.6 Å². The second-order valence-electron chi connectivity index (χ2n) is 6.12. The maximum atomic E-state index is 5.29. The topological polar surface area (TPSA) is 37.4 Å². The summed E-state index contributed by atoms with van der Waals surface area (Å²) in [4.78, 5) is 8.72. The van der Waals surface area contributed by atoms with Crippen LogP contribution in [0, 0.1) is 11.8 Å². The van der Waals surface area contributed by atoms with Crippen LogP contribution in [0.2, 0.25) is 0 Å². The molecule has 2 aliphatic rings. The maximum absolute atomic E-state index is 5.29. The number of anilines is 1. The van der Waals surface area contributed by atoms with Crippen molar-refractivity contribution in [3.63, 3.8) is 0 Å². The van der Waals surface area contributed by atoms with Crippen molar-refractivity contribution >= 4 is 16.5 Å². The van der Waals surface area contributed by atoms with Gasteiger partial charge in [-0.2, -0.15) is 0 Å². The van der Waals surface area contributed by atoms with E-state index in [1.54, 1.807) is 7.11 Å². The summed E-state index contributed by atoms with van der Waals surface area (Å²) in [6.07, 6.45) is 5.61. The van der Waals surface area contributed by atoms with Crippen LogP contribution in [-0.4, -0.2) is 32.2 Å². The van der Waals surface area contributed by atoms with Gasteiger partial charge in [0.15, 0.2) is 5.13 Å². The molecule has 20 heavy (non-hydrogen) atoms. The fraction of sp³-hybridized carbons (Fsp3) is 0.800. The molecule has 2 saturated carbocycles. The molecule has 2 aliphatic carbocycles. The third-order valence-electron chi connectivity index (χ3n) is 4.01. The molecule has 0 radical (unpaired) electrons. The molecule has 1 heterocycles. The van der Waals surface area contributed by atoms with Crippen molar-refractivity contribution in [2.75, 3.05) is 32.1 Å². The number of hydrogen-bond acceptors (Lipinski definition) is 5. The zero-order valence-electron chi connectivity index (χ0n) is 12.5. The number of rotatable bonds is 9. The standard InChI is InChI=1S/C15H25N3OS/c1-16-7-14-13(10-19-2)17-15(20-14)18(8-11-3-4-11)9-12-5-6-12/h11-12,16H,3-10H2,1-2H3. The van der Waals surface area contributed by atoms with Crippen LogP contribution in [0.15, 0.2) is 0 Å². The van der Waals surface area contributed by atoms with Gasteiger partial charge in [-0.3, -0.25) is 0 Å². The molecule has 4 nitrogen and oxygen atoms in total. The summed E-state index contributed by atoms with van der Waals surface area (Å²) in [5.41, 5.74) is 1.11. The van der Waals surface area contributed by atoms with Crippen molar-refractivity contribution in [1.82, 2.24) is 10.3 Å². The van der Waals surface area contributed by atoms with E-state index in [2.05, 4.69) is 10.2 Å². The largest absolute Gasteiger partial charge is 0.378 e. The monoisotopic (exact) mass is 295 g/mol. The van der Waals surface area contributed by atoms with Gasteiger partial charge < -0.3 is 15.0 Å². The van der Waals surface area contributed by atoms with Crippen molar-refractivity contribution in [2.45, 2.75) is 38.8 Å². The fourth-order valence-electron chi connectivity index (χ4n) is 2.51. The molecular formula is C15H25N3OS. The molecule has 1 aromatic heterocycles. The van der Waals surface area contributed by atoms with E-state index < -0.39 is 0 Å². The van der Waals surface area contributed by atoms with Gasteiger partial charge >= 0.3 is 0 Å². The highest BCUT2D eigenvalue weighted by Gasteiger charge is 2.30. The van der Waals surface area contributed by atoms with E-state index >= 15 is 0 Å². The van der Waals surface area contributed by atoms with Crippen LogP contribution in [0.5, 0.6) is 0 Å². The molecule has 5 heteroatoms. The molecular weight excluding hydrogens is 270 g/mol. The summed E-state index contributed by atoms with van der Waals surface area (Å²) in [5, 5.41) is 4.45. The predicted octanol–water partition coefficient (Wildman–Crippen LogP) is 2.64. The lowest BCUT2D eigenvalue weighted by Crippen LogP contribution is -2.27. The molecule has 0 aliphatic heterocycles. The van der Waals surface area contributed by atoms with Crippen LogP contribution >= 0.6 is 11.3 Å². The van der Waals surface area contributed by atoms with Crippen LogP contribution in [0.3, 0.4) is 0 Å². The van der Waals surface area contributed by atoms with Gasteiger partial charge in [0.1, 0.15) is 0 Å². The van der Waals surface area contributed by atoms with Crippen LogP contribution in [0.1, 0.15) is 36.3 Å². The van der Waals surface area contributed by atoms with Gasteiger partial charge in [0.05, 0.1) is 12.3 Å². The summed E-state index contributed by atoms with van der Waals surface area (Å²) < 4.78 is 5.29. The molecule has 0 aromatic carbocycles. The summed E-state index contributed by atoms with van der Waals surface area (Å²) in [5.74, 6) is 1.83. The normalized spacial score (nSPS) is 18.5. The minimum atomic E-state index is 0.619. The second kappa shape index (κ2) is 6.41. The first kappa shape index (κ1) is 14.3. The summed E-state index contributed by atoms with van der Waals surface area (Å²) in [7, 11) is 3.73. The van der Waals surface area contributed by atoms with Crippen LogP contribution in [0.4, 0.5) is 5.13 Å². The highest BCUT2D eigenvalue weighted by Crippen LogP contribution is 2.37. The van der Waals surface area contributed by atoms with Crippen LogP contribution < -0.4 is 10.2 Å². The first-order chi connectivity index (χ1) is 9.80. The zero-order chi connectivity index (χ0) is 13.9. The molecule has 112 valence electrons. The van der Waals surface area contributed by atoms with Crippen molar-refractivity contribution < 1.29 is 4.74 Å². The average molecular weight is 295 g/mol. The Morgan fingerprint density at radius 3 is 2.40 bits per heavy atom. The van der Waals surface area contributed by atoms with Gasteiger partial charge in [0.25, 0.3) is 0 Å². The van der Waals surface area contributed by atoms with Gasteiger partial charge in [-0.05, 0) is 44.6 Å². The Balaban J connectivity index is 1.74. The Hall–Kier alpha value is -0.650.